The van der Waals surface area contributed by atoms with E-state index in [1.165, 1.54) is 0 Å². The third-order valence-corrected chi connectivity index (χ3v) is 4.58. The maximum Gasteiger partial charge on any atom is 0.302 e. The Balaban J connectivity index is 1.80. The van der Waals surface area contributed by atoms with E-state index in [2.05, 4.69) is 26.2 Å². The predicted molar refractivity (Wildman–Crippen MR) is 108 cm³/mol. The minimum Gasteiger partial charge on any atom is -0.493 e. The van der Waals surface area contributed by atoms with Gasteiger partial charge in [-0.25, -0.2) is 0 Å². The summed E-state index contributed by atoms with van der Waals surface area (Å²) in [6.45, 7) is 4.43. The van der Waals surface area contributed by atoms with Crippen LogP contribution in [0.3, 0.4) is 0 Å². The number of halogens is 1. The molecule has 0 aliphatic rings. The summed E-state index contributed by atoms with van der Waals surface area (Å²) < 4.78 is 8.11. The number of fused-ring (bicyclic) bond motifs is 1. The fraction of sp³-hybridized carbons (Fsp3) is 0.250. The Bertz CT molecular complexity index is 994. The Morgan fingerprint density at radius 1 is 1.22 bits per heavy atom. The van der Waals surface area contributed by atoms with Crippen LogP contribution in [0.1, 0.15) is 18.9 Å². The summed E-state index contributed by atoms with van der Waals surface area (Å²) >= 11 is 3.34. The molecule has 0 radical (unpaired) electrons. The van der Waals surface area contributed by atoms with E-state index in [4.69, 9.17) is 4.74 Å². The van der Waals surface area contributed by atoms with Gasteiger partial charge in [-0.3, -0.25) is 4.79 Å². The zero-order valence-corrected chi connectivity index (χ0v) is 16.7. The second-order valence-corrected chi connectivity index (χ2v) is 7.10. The van der Waals surface area contributed by atoms with Gasteiger partial charge in [0.2, 0.25) is 5.88 Å². The van der Waals surface area contributed by atoms with E-state index in [1.54, 1.807) is 16.7 Å². The van der Waals surface area contributed by atoms with Crippen LogP contribution in [0, 0.1) is 6.92 Å². The topological polar surface area (TPSA) is 76.2 Å². The minimum atomic E-state index is -0.527. The van der Waals surface area contributed by atoms with Crippen LogP contribution >= 0.6 is 15.9 Å². The van der Waals surface area contributed by atoms with Gasteiger partial charge in [-0.2, -0.15) is 0 Å². The first-order chi connectivity index (χ1) is 13.0. The molecule has 2 aromatic carbocycles. The Kier molecular flexibility index (Phi) is 5.91. The molecule has 0 spiro atoms. The molecule has 0 saturated heterocycles. The van der Waals surface area contributed by atoms with Gasteiger partial charge < -0.3 is 14.4 Å². The van der Waals surface area contributed by atoms with Crippen LogP contribution in [0.15, 0.2) is 57.2 Å². The molecule has 27 heavy (non-hydrogen) atoms. The summed E-state index contributed by atoms with van der Waals surface area (Å²) in [5, 5.41) is 19.1. The fourth-order valence-electron chi connectivity index (χ4n) is 2.80. The van der Waals surface area contributed by atoms with Crippen LogP contribution in [-0.2, 0) is 11.3 Å². The molecule has 0 aliphatic carbocycles. The molecule has 0 unspecified atom stereocenters. The van der Waals surface area contributed by atoms with Crippen molar-refractivity contribution in [3.05, 3.63) is 52.5 Å². The molecule has 1 aromatic heterocycles. The summed E-state index contributed by atoms with van der Waals surface area (Å²) in [6, 6.07) is 13.0. The highest BCUT2D eigenvalue weighted by atomic mass is 79.9. The summed E-state index contributed by atoms with van der Waals surface area (Å²) in [5.74, 6) is 0.0592. The number of rotatable bonds is 6. The lowest BCUT2D eigenvalue weighted by Gasteiger charge is -2.04. The molecule has 1 N–H and O–H groups in total. The van der Waals surface area contributed by atoms with Crippen molar-refractivity contribution in [2.75, 3.05) is 6.61 Å². The van der Waals surface area contributed by atoms with Crippen LogP contribution in [0.25, 0.3) is 10.9 Å². The first-order valence-corrected chi connectivity index (χ1v) is 9.43. The van der Waals surface area contributed by atoms with Crippen LogP contribution in [0.5, 0.6) is 11.6 Å². The van der Waals surface area contributed by atoms with E-state index in [0.717, 1.165) is 27.4 Å². The number of hydrogen-bond acceptors (Lipinski definition) is 4. The average molecular weight is 430 g/mol. The van der Waals surface area contributed by atoms with Gasteiger partial charge in [0.05, 0.1) is 5.52 Å². The molecule has 7 heteroatoms. The molecule has 6 nitrogen and oxygen atoms in total. The standard InChI is InChI=1S/C20H20BrN3O3/c1-3-10-24-17-9-4-13(2)11-16(17)19(20(24)26)23-22-18(25)12-27-15-7-5-14(21)6-8-15/h4-9,11,26H,3,10,12H2,1-2H3. The van der Waals surface area contributed by atoms with E-state index in [0.29, 0.717) is 18.0 Å². The third-order valence-electron chi connectivity index (χ3n) is 4.05. The third kappa shape index (κ3) is 4.36. The predicted octanol–water partition coefficient (Wildman–Crippen LogP) is 5.52. The molecular weight excluding hydrogens is 410 g/mol. The number of benzene rings is 2. The number of azo groups is 1. The van der Waals surface area contributed by atoms with Crippen molar-refractivity contribution in [2.24, 2.45) is 10.2 Å². The number of nitrogens with zero attached hydrogens (tertiary/aromatic N) is 3. The number of ether oxygens (including phenoxy) is 1. The number of aromatic nitrogens is 1. The molecule has 0 aliphatic heterocycles. The summed E-state index contributed by atoms with van der Waals surface area (Å²) in [4.78, 5) is 12.0. The van der Waals surface area contributed by atoms with E-state index in [9.17, 15) is 9.90 Å². The van der Waals surface area contributed by atoms with Crippen molar-refractivity contribution in [1.82, 2.24) is 4.57 Å². The van der Waals surface area contributed by atoms with Crippen molar-refractivity contribution in [1.29, 1.82) is 0 Å². The first kappa shape index (κ1) is 19.1. The van der Waals surface area contributed by atoms with Gasteiger partial charge in [0.1, 0.15) is 5.75 Å². The SMILES string of the molecule is CCCn1c(O)c(N=NC(=O)COc2ccc(Br)cc2)c2cc(C)ccc21. The number of carbonyl (C=O) groups excluding carboxylic acids is 1. The fourth-order valence-corrected chi connectivity index (χ4v) is 3.06. The zero-order valence-electron chi connectivity index (χ0n) is 15.1. The van der Waals surface area contributed by atoms with Crippen molar-refractivity contribution >= 4 is 38.4 Å². The Labute approximate surface area is 165 Å². The van der Waals surface area contributed by atoms with Gasteiger partial charge >= 0.3 is 5.91 Å². The Morgan fingerprint density at radius 3 is 2.67 bits per heavy atom. The van der Waals surface area contributed by atoms with Crippen LogP contribution in [0.2, 0.25) is 0 Å². The molecular formula is C20H20BrN3O3. The zero-order chi connectivity index (χ0) is 19.4. The monoisotopic (exact) mass is 429 g/mol. The molecule has 1 amide bonds. The van der Waals surface area contributed by atoms with Gasteiger partial charge in [0.25, 0.3) is 0 Å². The van der Waals surface area contributed by atoms with Gasteiger partial charge in [0.15, 0.2) is 12.3 Å². The number of aromatic hydroxyl groups is 1. The number of amides is 1. The molecule has 0 bridgehead atoms. The van der Waals surface area contributed by atoms with E-state index < -0.39 is 5.91 Å². The van der Waals surface area contributed by atoms with Crippen molar-refractivity contribution in [2.45, 2.75) is 26.8 Å². The molecule has 0 fully saturated rings. The van der Waals surface area contributed by atoms with Crippen molar-refractivity contribution < 1.29 is 14.6 Å². The highest BCUT2D eigenvalue weighted by molar-refractivity contribution is 9.10. The van der Waals surface area contributed by atoms with Crippen molar-refractivity contribution in [3.63, 3.8) is 0 Å². The second kappa shape index (κ2) is 8.35. The van der Waals surface area contributed by atoms with Crippen molar-refractivity contribution in [3.8, 4) is 11.6 Å². The first-order valence-electron chi connectivity index (χ1n) is 8.64. The van der Waals surface area contributed by atoms with E-state index in [-0.39, 0.29) is 12.5 Å². The summed E-state index contributed by atoms with van der Waals surface area (Å²) in [6.07, 6.45) is 0.863. The highest BCUT2D eigenvalue weighted by Crippen LogP contribution is 2.39. The molecule has 3 rings (SSSR count). The quantitative estimate of drug-likeness (QED) is 0.524. The lowest BCUT2D eigenvalue weighted by molar-refractivity contribution is -0.120. The van der Waals surface area contributed by atoms with E-state index in [1.807, 2.05) is 44.2 Å². The van der Waals surface area contributed by atoms with Gasteiger partial charge in [-0.15, -0.1) is 10.2 Å². The maximum absolute atomic E-state index is 12.0. The van der Waals surface area contributed by atoms with E-state index >= 15 is 0 Å². The van der Waals surface area contributed by atoms with Gasteiger partial charge in [0, 0.05) is 16.4 Å². The number of carbonyl (C=O) groups is 1. The molecule has 3 aromatic rings. The molecule has 140 valence electrons. The molecule has 0 atom stereocenters. The second-order valence-electron chi connectivity index (χ2n) is 6.18. The molecule has 0 saturated carbocycles. The van der Waals surface area contributed by atoms with Gasteiger partial charge in [-0.05, 0) is 49.7 Å². The summed E-state index contributed by atoms with van der Waals surface area (Å²) in [7, 11) is 0. The lowest BCUT2D eigenvalue weighted by Crippen LogP contribution is -2.07. The number of aryl methyl sites for hydroxylation is 2. The Hall–Kier alpha value is -2.67. The smallest absolute Gasteiger partial charge is 0.302 e. The largest absolute Gasteiger partial charge is 0.493 e. The van der Waals surface area contributed by atoms with Crippen LogP contribution in [0.4, 0.5) is 5.69 Å². The van der Waals surface area contributed by atoms with Crippen LogP contribution < -0.4 is 4.74 Å². The summed E-state index contributed by atoms with van der Waals surface area (Å²) in [5.41, 5.74) is 2.21. The number of hydrogen-bond donors (Lipinski definition) is 1. The Morgan fingerprint density at radius 2 is 1.96 bits per heavy atom. The average Bonchev–Trinajstić information content (AvgIpc) is 2.91. The molecule has 1 heterocycles. The highest BCUT2D eigenvalue weighted by Gasteiger charge is 2.16. The van der Waals surface area contributed by atoms with Gasteiger partial charge in [-0.1, -0.05) is 34.5 Å². The maximum atomic E-state index is 12.0. The van der Waals surface area contributed by atoms with Crippen LogP contribution in [-0.4, -0.2) is 22.2 Å². The minimum absolute atomic E-state index is 0.0165. The normalized spacial score (nSPS) is 11.4. The lowest BCUT2D eigenvalue weighted by atomic mass is 10.1.